The van der Waals surface area contributed by atoms with Crippen LogP contribution < -0.4 is 5.32 Å². The van der Waals surface area contributed by atoms with Gasteiger partial charge in [-0.15, -0.1) is 0 Å². The van der Waals surface area contributed by atoms with Crippen molar-refractivity contribution in [3.8, 4) is 0 Å². The Kier molecular flexibility index (Phi) is 4.20. The topological polar surface area (TPSA) is 77.9 Å². The van der Waals surface area contributed by atoms with Crippen LogP contribution in [0.2, 0.25) is 0 Å². The van der Waals surface area contributed by atoms with Crippen molar-refractivity contribution in [2.75, 3.05) is 13.1 Å². The highest BCUT2D eigenvalue weighted by Gasteiger charge is 2.31. The number of fused-ring (bicyclic) bond motifs is 1. The van der Waals surface area contributed by atoms with Gasteiger partial charge >= 0.3 is 0 Å². The summed E-state index contributed by atoms with van der Waals surface area (Å²) in [6.07, 6.45) is 2.51. The van der Waals surface area contributed by atoms with Crippen molar-refractivity contribution < 1.29 is 4.79 Å². The Morgan fingerprint density at radius 2 is 2.28 bits per heavy atom. The van der Waals surface area contributed by atoms with Crippen molar-refractivity contribution >= 4 is 5.91 Å². The number of benzene rings is 1. The lowest BCUT2D eigenvalue weighted by molar-refractivity contribution is -0.123. The molecular formula is C13H16N4O. The lowest BCUT2D eigenvalue weighted by Gasteiger charge is -2.28. The van der Waals surface area contributed by atoms with Crippen LogP contribution in [0.15, 0.2) is 29.4 Å². The van der Waals surface area contributed by atoms with Gasteiger partial charge in [0.25, 0.3) is 0 Å². The average Bonchev–Trinajstić information content (AvgIpc) is 2.35. The molecule has 1 atom stereocenters. The number of nitrogens with zero attached hydrogens (tertiary/aromatic N) is 3. The maximum Gasteiger partial charge on any atom is 0.227 e. The number of carbonyl (C=O) groups excluding carboxylic acids is 1. The molecule has 0 saturated carbocycles. The maximum atomic E-state index is 11.9. The highest BCUT2D eigenvalue weighted by atomic mass is 16.1. The van der Waals surface area contributed by atoms with Crippen molar-refractivity contribution in [1.29, 1.82) is 0 Å². The Morgan fingerprint density at radius 3 is 3.06 bits per heavy atom. The van der Waals surface area contributed by atoms with Gasteiger partial charge in [0, 0.05) is 18.0 Å². The largest absolute Gasteiger partial charge is 0.356 e. The van der Waals surface area contributed by atoms with E-state index in [1.807, 2.05) is 18.2 Å². The number of hydrogen-bond donors (Lipinski definition) is 1. The fourth-order valence-electron chi connectivity index (χ4n) is 2.18. The molecule has 0 fully saturated rings. The minimum atomic E-state index is 0.0262. The van der Waals surface area contributed by atoms with Crippen molar-refractivity contribution in [3.05, 3.63) is 45.8 Å². The molecule has 1 aliphatic carbocycles. The zero-order valence-electron chi connectivity index (χ0n) is 10.2. The summed E-state index contributed by atoms with van der Waals surface area (Å²) >= 11 is 0. The van der Waals surface area contributed by atoms with E-state index in [-0.39, 0.29) is 11.8 Å². The van der Waals surface area contributed by atoms with Gasteiger partial charge in [-0.25, -0.2) is 0 Å². The molecule has 0 spiro atoms. The molecule has 1 N–H and O–H groups in total. The molecule has 0 aliphatic heterocycles. The number of hydrogen-bond acceptors (Lipinski definition) is 2. The SMILES string of the molecule is [N-]=[N+]=NCCCCNC(=O)C1Cc2ccccc21. The third-order valence-corrected chi connectivity index (χ3v) is 3.22. The molecule has 2 rings (SSSR count). The molecule has 1 aromatic rings. The number of amides is 1. The van der Waals surface area contributed by atoms with E-state index in [4.69, 9.17) is 5.53 Å². The molecule has 1 unspecified atom stereocenters. The first-order valence-electron chi connectivity index (χ1n) is 6.19. The molecule has 0 aromatic heterocycles. The summed E-state index contributed by atoms with van der Waals surface area (Å²) < 4.78 is 0. The number of azide groups is 1. The molecule has 1 aromatic carbocycles. The number of rotatable bonds is 6. The van der Waals surface area contributed by atoms with Crippen molar-refractivity contribution in [3.63, 3.8) is 0 Å². The molecule has 1 aliphatic rings. The molecule has 0 heterocycles. The Labute approximate surface area is 106 Å². The van der Waals surface area contributed by atoms with E-state index in [9.17, 15) is 4.79 Å². The molecule has 0 bridgehead atoms. The third kappa shape index (κ3) is 2.81. The second-order valence-corrected chi connectivity index (χ2v) is 4.41. The van der Waals surface area contributed by atoms with Gasteiger partial charge in [-0.1, -0.05) is 29.4 Å². The molecule has 5 nitrogen and oxygen atoms in total. The highest BCUT2D eigenvalue weighted by Crippen LogP contribution is 2.34. The Morgan fingerprint density at radius 1 is 1.44 bits per heavy atom. The summed E-state index contributed by atoms with van der Waals surface area (Å²) in [5, 5.41) is 6.38. The van der Waals surface area contributed by atoms with Crippen LogP contribution in [-0.2, 0) is 11.2 Å². The van der Waals surface area contributed by atoms with Gasteiger partial charge in [-0.05, 0) is 35.9 Å². The second kappa shape index (κ2) is 6.07. The van der Waals surface area contributed by atoms with Gasteiger partial charge in [0.1, 0.15) is 0 Å². The molecule has 94 valence electrons. The fraction of sp³-hybridized carbons (Fsp3) is 0.462. The van der Waals surface area contributed by atoms with Gasteiger partial charge in [0.05, 0.1) is 5.92 Å². The van der Waals surface area contributed by atoms with Crippen LogP contribution in [0.1, 0.15) is 29.9 Å². The fourth-order valence-corrected chi connectivity index (χ4v) is 2.18. The summed E-state index contributed by atoms with van der Waals surface area (Å²) in [4.78, 5) is 14.6. The van der Waals surface area contributed by atoms with E-state index in [0.717, 1.165) is 24.8 Å². The second-order valence-electron chi connectivity index (χ2n) is 4.41. The maximum absolute atomic E-state index is 11.9. The Hall–Kier alpha value is -2.00. The van der Waals surface area contributed by atoms with E-state index < -0.39 is 0 Å². The standard InChI is InChI=1S/C13H16N4O/c14-17-16-8-4-3-7-15-13(18)12-9-10-5-1-2-6-11(10)12/h1-2,5-6,12H,3-4,7-9H2,(H,15,18). The number of unbranched alkanes of at least 4 members (excludes halogenated alkanes) is 1. The van der Waals surface area contributed by atoms with Crippen molar-refractivity contribution in [2.45, 2.75) is 25.2 Å². The summed E-state index contributed by atoms with van der Waals surface area (Å²) in [5.74, 6) is 0.135. The van der Waals surface area contributed by atoms with Gasteiger partial charge in [0.2, 0.25) is 5.91 Å². The average molecular weight is 244 g/mol. The smallest absolute Gasteiger partial charge is 0.227 e. The van der Waals surface area contributed by atoms with Crippen LogP contribution in [0.4, 0.5) is 0 Å². The zero-order valence-corrected chi connectivity index (χ0v) is 10.2. The van der Waals surface area contributed by atoms with Crippen LogP contribution >= 0.6 is 0 Å². The third-order valence-electron chi connectivity index (χ3n) is 3.22. The quantitative estimate of drug-likeness (QED) is 0.355. The molecule has 0 saturated heterocycles. The molecule has 18 heavy (non-hydrogen) atoms. The summed E-state index contributed by atoms with van der Waals surface area (Å²) in [7, 11) is 0. The minimum Gasteiger partial charge on any atom is -0.356 e. The number of nitrogens with one attached hydrogen (secondary N) is 1. The Bertz CT molecular complexity index is 480. The molecule has 0 radical (unpaired) electrons. The molecule has 1 amide bonds. The minimum absolute atomic E-state index is 0.0262. The predicted octanol–water partition coefficient (Wildman–Crippen LogP) is 2.53. The zero-order chi connectivity index (χ0) is 12.8. The van der Waals surface area contributed by atoms with E-state index >= 15 is 0 Å². The molecular weight excluding hydrogens is 228 g/mol. The summed E-state index contributed by atoms with van der Waals surface area (Å²) in [5.41, 5.74) is 10.5. The van der Waals surface area contributed by atoms with E-state index in [1.54, 1.807) is 0 Å². The van der Waals surface area contributed by atoms with Crippen molar-refractivity contribution in [2.24, 2.45) is 5.11 Å². The molecule has 5 heteroatoms. The van der Waals surface area contributed by atoms with E-state index in [2.05, 4.69) is 21.4 Å². The Balaban J connectivity index is 1.69. The predicted molar refractivity (Wildman–Crippen MR) is 69.1 cm³/mol. The van der Waals surface area contributed by atoms with E-state index in [1.165, 1.54) is 5.56 Å². The summed E-state index contributed by atoms with van der Waals surface area (Å²) in [6, 6.07) is 8.06. The normalized spacial score (nSPS) is 16.1. The van der Waals surface area contributed by atoms with Gasteiger partial charge in [0.15, 0.2) is 0 Å². The first kappa shape index (κ1) is 12.5. The van der Waals surface area contributed by atoms with Crippen molar-refractivity contribution in [1.82, 2.24) is 5.32 Å². The van der Waals surface area contributed by atoms with Gasteiger partial charge in [-0.2, -0.15) is 0 Å². The first-order chi connectivity index (χ1) is 8.83. The van der Waals surface area contributed by atoms with Crippen LogP contribution in [0.3, 0.4) is 0 Å². The van der Waals surface area contributed by atoms with E-state index in [0.29, 0.717) is 13.1 Å². The summed E-state index contributed by atoms with van der Waals surface area (Å²) in [6.45, 7) is 1.15. The lowest BCUT2D eigenvalue weighted by atomic mass is 9.77. The van der Waals surface area contributed by atoms with Crippen LogP contribution in [0.5, 0.6) is 0 Å². The lowest BCUT2D eigenvalue weighted by Crippen LogP contribution is -2.35. The van der Waals surface area contributed by atoms with Crippen LogP contribution in [0, 0.1) is 0 Å². The van der Waals surface area contributed by atoms with Gasteiger partial charge in [-0.3, -0.25) is 4.79 Å². The van der Waals surface area contributed by atoms with Crippen LogP contribution in [-0.4, -0.2) is 19.0 Å². The van der Waals surface area contributed by atoms with Crippen LogP contribution in [0.25, 0.3) is 10.4 Å². The highest BCUT2D eigenvalue weighted by molar-refractivity contribution is 5.86. The monoisotopic (exact) mass is 244 g/mol. The first-order valence-corrected chi connectivity index (χ1v) is 6.19. The van der Waals surface area contributed by atoms with Gasteiger partial charge < -0.3 is 5.32 Å². The number of carbonyl (C=O) groups is 1.